The van der Waals surface area contributed by atoms with Gasteiger partial charge in [-0.1, -0.05) is 49.6 Å². The van der Waals surface area contributed by atoms with E-state index in [1.807, 2.05) is 25.1 Å². The fourth-order valence-electron chi connectivity index (χ4n) is 4.59. The van der Waals surface area contributed by atoms with E-state index in [1.165, 1.54) is 43.0 Å². The molecule has 4 rings (SSSR count). The Kier molecular flexibility index (Phi) is 7.35. The van der Waals surface area contributed by atoms with E-state index < -0.39 is 0 Å². The number of aryl methyl sites for hydroxylation is 2. The second kappa shape index (κ2) is 10.4. The number of benzene rings is 1. The molecule has 1 aliphatic carbocycles. The highest BCUT2D eigenvalue weighted by atomic mass is 32.2. The van der Waals surface area contributed by atoms with Gasteiger partial charge in [0.25, 0.3) is 0 Å². The normalized spacial score (nSPS) is 14.2. The quantitative estimate of drug-likeness (QED) is 0.339. The van der Waals surface area contributed by atoms with Crippen molar-refractivity contribution in [3.63, 3.8) is 0 Å². The number of ether oxygens (including phenoxy) is 1. The summed E-state index contributed by atoms with van der Waals surface area (Å²) in [5.41, 5.74) is 4.19. The third-order valence-electron chi connectivity index (χ3n) is 6.46. The third-order valence-corrected chi connectivity index (χ3v) is 7.30. The van der Waals surface area contributed by atoms with Crippen LogP contribution in [0.15, 0.2) is 35.5 Å². The van der Waals surface area contributed by atoms with Crippen LogP contribution in [0.25, 0.3) is 0 Å². The number of thioether (sulfide) groups is 1. The Hall–Kier alpha value is -2.54. The number of Topliss-reactive ketones (excluding diaryl/α,β-unsaturated/α-hetero) is 1. The standard InChI is InChI=1S/C25H32N4O2S/c1-17-14-22(18(2)29(17)13-12-19-8-10-21(31-3)11-9-19)23(30)16-32-25-26-24(27-28-25)15-20-6-4-5-7-20/h8-11,14,20H,4-7,12-13,15-16H2,1-3H3,(H,26,27,28). The van der Waals surface area contributed by atoms with Crippen LogP contribution < -0.4 is 4.74 Å². The summed E-state index contributed by atoms with van der Waals surface area (Å²) in [5, 5.41) is 8.03. The molecule has 170 valence electrons. The lowest BCUT2D eigenvalue weighted by Gasteiger charge is -2.10. The molecule has 7 heteroatoms. The monoisotopic (exact) mass is 452 g/mol. The molecule has 1 N–H and O–H groups in total. The summed E-state index contributed by atoms with van der Waals surface area (Å²) in [6.45, 7) is 4.94. The van der Waals surface area contributed by atoms with E-state index in [1.54, 1.807) is 7.11 Å². The summed E-state index contributed by atoms with van der Waals surface area (Å²) in [5.74, 6) is 3.02. The molecule has 6 nitrogen and oxygen atoms in total. The number of ketones is 1. The Morgan fingerprint density at radius 3 is 2.69 bits per heavy atom. The second-order valence-corrected chi connectivity index (χ2v) is 9.61. The van der Waals surface area contributed by atoms with Gasteiger partial charge in [-0.05, 0) is 49.9 Å². The van der Waals surface area contributed by atoms with Crippen molar-refractivity contribution in [2.45, 2.75) is 64.1 Å². The number of rotatable bonds is 10. The lowest BCUT2D eigenvalue weighted by atomic mass is 10.0. The van der Waals surface area contributed by atoms with Gasteiger partial charge in [0, 0.05) is 29.9 Å². The Balaban J connectivity index is 1.33. The van der Waals surface area contributed by atoms with Crippen molar-refractivity contribution in [3.8, 4) is 5.75 Å². The van der Waals surface area contributed by atoms with E-state index >= 15 is 0 Å². The largest absolute Gasteiger partial charge is 0.497 e. The number of H-pyrrole nitrogens is 1. The van der Waals surface area contributed by atoms with Gasteiger partial charge in [-0.25, -0.2) is 4.98 Å². The predicted octanol–water partition coefficient (Wildman–Crippen LogP) is 5.18. The van der Waals surface area contributed by atoms with Gasteiger partial charge in [-0.15, -0.1) is 5.10 Å². The highest BCUT2D eigenvalue weighted by Gasteiger charge is 2.19. The van der Waals surface area contributed by atoms with Gasteiger partial charge < -0.3 is 9.30 Å². The SMILES string of the molecule is COc1ccc(CCn2c(C)cc(C(=O)CSc3n[nH]c(CC4CCCC4)n3)c2C)cc1. The van der Waals surface area contributed by atoms with Crippen LogP contribution in [0, 0.1) is 19.8 Å². The summed E-state index contributed by atoms with van der Waals surface area (Å²) in [6, 6.07) is 10.2. The molecule has 0 aliphatic heterocycles. The van der Waals surface area contributed by atoms with Gasteiger partial charge >= 0.3 is 0 Å². The first-order valence-corrected chi connectivity index (χ1v) is 12.4. The molecule has 0 atom stereocenters. The molecule has 3 aromatic rings. The van der Waals surface area contributed by atoms with Crippen LogP contribution in [0.5, 0.6) is 5.75 Å². The van der Waals surface area contributed by atoms with E-state index in [2.05, 4.69) is 38.8 Å². The van der Waals surface area contributed by atoms with Crippen molar-refractivity contribution in [3.05, 3.63) is 58.7 Å². The maximum atomic E-state index is 12.9. The zero-order valence-electron chi connectivity index (χ0n) is 19.2. The predicted molar refractivity (Wildman–Crippen MR) is 128 cm³/mol. The van der Waals surface area contributed by atoms with Crippen LogP contribution in [-0.4, -0.2) is 38.4 Å². The van der Waals surface area contributed by atoms with Crippen molar-refractivity contribution >= 4 is 17.5 Å². The maximum Gasteiger partial charge on any atom is 0.208 e. The molecule has 1 aromatic carbocycles. The summed E-state index contributed by atoms with van der Waals surface area (Å²) in [6.07, 6.45) is 7.10. The average molecular weight is 453 g/mol. The molecule has 0 radical (unpaired) electrons. The van der Waals surface area contributed by atoms with Crippen LogP contribution >= 0.6 is 11.8 Å². The van der Waals surface area contributed by atoms with Crippen molar-refractivity contribution in [2.75, 3.05) is 12.9 Å². The number of hydrogen-bond donors (Lipinski definition) is 1. The fraction of sp³-hybridized carbons (Fsp3) is 0.480. The Morgan fingerprint density at radius 1 is 1.22 bits per heavy atom. The second-order valence-electron chi connectivity index (χ2n) is 8.67. The van der Waals surface area contributed by atoms with Gasteiger partial charge in [0.2, 0.25) is 5.16 Å². The highest BCUT2D eigenvalue weighted by Crippen LogP contribution is 2.27. The van der Waals surface area contributed by atoms with Crippen molar-refractivity contribution < 1.29 is 9.53 Å². The number of hydrogen-bond acceptors (Lipinski definition) is 5. The van der Waals surface area contributed by atoms with Gasteiger partial charge in [0.15, 0.2) is 5.78 Å². The van der Waals surface area contributed by atoms with Gasteiger partial charge in [-0.3, -0.25) is 9.89 Å². The number of nitrogens with one attached hydrogen (secondary N) is 1. The van der Waals surface area contributed by atoms with Crippen LogP contribution in [0.3, 0.4) is 0 Å². The van der Waals surface area contributed by atoms with Gasteiger partial charge in [0.1, 0.15) is 11.6 Å². The fourth-order valence-corrected chi connectivity index (χ4v) is 5.29. The first-order valence-electron chi connectivity index (χ1n) is 11.4. The lowest BCUT2D eigenvalue weighted by Crippen LogP contribution is -2.08. The topological polar surface area (TPSA) is 72.8 Å². The molecule has 0 amide bonds. The zero-order chi connectivity index (χ0) is 22.5. The molecular formula is C25H32N4O2S. The minimum atomic E-state index is 0.126. The summed E-state index contributed by atoms with van der Waals surface area (Å²) >= 11 is 1.42. The number of methoxy groups -OCH3 is 1. The molecular weight excluding hydrogens is 420 g/mol. The van der Waals surface area contributed by atoms with Crippen LogP contribution in [-0.2, 0) is 19.4 Å². The summed E-state index contributed by atoms with van der Waals surface area (Å²) < 4.78 is 7.46. The van der Waals surface area contributed by atoms with E-state index in [9.17, 15) is 4.79 Å². The molecule has 1 aliphatic rings. The van der Waals surface area contributed by atoms with Gasteiger partial charge in [0.05, 0.1) is 12.9 Å². The zero-order valence-corrected chi connectivity index (χ0v) is 20.0. The molecule has 1 fully saturated rings. The molecule has 0 unspecified atom stereocenters. The number of aromatic amines is 1. The molecule has 0 saturated heterocycles. The minimum Gasteiger partial charge on any atom is -0.497 e. The van der Waals surface area contributed by atoms with Crippen LogP contribution in [0.2, 0.25) is 0 Å². The molecule has 2 heterocycles. The van der Waals surface area contributed by atoms with Crippen molar-refractivity contribution in [1.29, 1.82) is 0 Å². The molecule has 1 saturated carbocycles. The Bertz CT molecular complexity index is 1050. The van der Waals surface area contributed by atoms with Crippen LogP contribution in [0.1, 0.15) is 58.8 Å². The number of aromatic nitrogens is 4. The van der Waals surface area contributed by atoms with Crippen LogP contribution in [0.4, 0.5) is 0 Å². The van der Waals surface area contributed by atoms with E-state index in [0.29, 0.717) is 10.9 Å². The van der Waals surface area contributed by atoms with Gasteiger partial charge in [-0.2, -0.15) is 0 Å². The van der Waals surface area contributed by atoms with E-state index in [-0.39, 0.29) is 5.78 Å². The highest BCUT2D eigenvalue weighted by molar-refractivity contribution is 7.99. The molecule has 2 aromatic heterocycles. The number of carbonyl (C=O) groups excluding carboxylic acids is 1. The number of nitrogens with zero attached hydrogens (tertiary/aromatic N) is 3. The maximum absolute atomic E-state index is 12.9. The average Bonchev–Trinajstić information content (AvgIpc) is 3.54. The molecule has 0 spiro atoms. The third kappa shape index (κ3) is 5.44. The first-order chi connectivity index (χ1) is 15.5. The van der Waals surface area contributed by atoms with E-state index in [0.717, 1.165) is 53.8 Å². The van der Waals surface area contributed by atoms with E-state index in [4.69, 9.17) is 4.74 Å². The first kappa shape index (κ1) is 22.6. The lowest BCUT2D eigenvalue weighted by molar-refractivity contribution is 0.102. The summed E-state index contributed by atoms with van der Waals surface area (Å²) in [4.78, 5) is 17.5. The Labute approximate surface area is 194 Å². The minimum absolute atomic E-state index is 0.126. The number of carbonyl (C=O) groups is 1. The molecule has 0 bridgehead atoms. The van der Waals surface area contributed by atoms with Crippen molar-refractivity contribution in [2.24, 2.45) is 5.92 Å². The summed E-state index contributed by atoms with van der Waals surface area (Å²) in [7, 11) is 1.68. The smallest absolute Gasteiger partial charge is 0.208 e. The van der Waals surface area contributed by atoms with Crippen molar-refractivity contribution in [1.82, 2.24) is 19.7 Å². The molecule has 32 heavy (non-hydrogen) atoms. The Morgan fingerprint density at radius 2 is 1.97 bits per heavy atom.